The molecule has 0 saturated heterocycles. The lowest BCUT2D eigenvalue weighted by Crippen LogP contribution is -2.54. The molecule has 0 spiro atoms. The van der Waals surface area contributed by atoms with Crippen molar-refractivity contribution in [1.82, 2.24) is 0 Å². The van der Waals surface area contributed by atoms with E-state index in [1.54, 1.807) is 0 Å². The van der Waals surface area contributed by atoms with Gasteiger partial charge in [-0.15, -0.1) is 6.58 Å². The van der Waals surface area contributed by atoms with E-state index in [4.69, 9.17) is 14.2 Å². The minimum absolute atomic E-state index is 0.178. The molecule has 0 aliphatic heterocycles. The lowest BCUT2D eigenvalue weighted by atomic mass is 9.95. The van der Waals surface area contributed by atoms with E-state index < -0.39 is 18.3 Å². The smallest absolute Gasteiger partial charge is 0.114 e. The number of ether oxygens (including phenoxy) is 3. The summed E-state index contributed by atoms with van der Waals surface area (Å²) >= 11 is 0. The van der Waals surface area contributed by atoms with Crippen LogP contribution in [0.15, 0.2) is 146 Å². The van der Waals surface area contributed by atoms with E-state index >= 15 is 0 Å². The number of likely N-dealkylation sites (N-methyl/N-ethyl adjacent to an activating group) is 1. The van der Waals surface area contributed by atoms with Gasteiger partial charge >= 0.3 is 0 Å². The summed E-state index contributed by atoms with van der Waals surface area (Å²) in [5.74, 6) is 0. The van der Waals surface area contributed by atoms with Gasteiger partial charge in [0.05, 0.1) is 32.5 Å². The fourth-order valence-electron chi connectivity index (χ4n) is 5.67. The maximum atomic E-state index is 10.8. The van der Waals surface area contributed by atoms with E-state index in [0.29, 0.717) is 26.2 Å². The second-order valence-electron chi connectivity index (χ2n) is 11.3. The molecule has 5 aromatic rings. The van der Waals surface area contributed by atoms with E-state index in [0.717, 1.165) is 27.8 Å². The van der Waals surface area contributed by atoms with Crippen molar-refractivity contribution >= 4 is 16.5 Å². The fraction of sp³-hybridized carbons (Fsp3) is 0.250. The van der Waals surface area contributed by atoms with Crippen molar-refractivity contribution in [3.63, 3.8) is 0 Å². The van der Waals surface area contributed by atoms with Crippen LogP contribution in [0.5, 0.6) is 0 Å². The first-order valence-corrected chi connectivity index (χ1v) is 15.6. The van der Waals surface area contributed by atoms with Gasteiger partial charge in [0.1, 0.15) is 18.3 Å². The summed E-state index contributed by atoms with van der Waals surface area (Å²) in [5, 5.41) is 13.1. The molecule has 0 aliphatic rings. The molecule has 0 saturated carbocycles. The molecule has 0 bridgehead atoms. The number of benzene rings is 5. The first kappa shape index (κ1) is 32.1. The van der Waals surface area contributed by atoms with Crippen LogP contribution in [0.1, 0.15) is 23.1 Å². The van der Waals surface area contributed by atoms with Crippen molar-refractivity contribution in [2.24, 2.45) is 0 Å². The Morgan fingerprint density at radius 2 is 1.11 bits per heavy atom. The molecule has 5 aromatic carbocycles. The Morgan fingerprint density at radius 3 is 1.64 bits per heavy atom. The molecule has 232 valence electrons. The average molecular weight is 602 g/mol. The first-order chi connectivity index (χ1) is 22.2. The molecule has 0 aliphatic carbocycles. The topological polar surface area (TPSA) is 51.2 Å². The highest BCUT2D eigenvalue weighted by Crippen LogP contribution is 2.29. The van der Waals surface area contributed by atoms with Crippen molar-refractivity contribution in [2.75, 3.05) is 18.6 Å². The molecule has 1 unspecified atom stereocenters. The van der Waals surface area contributed by atoms with E-state index in [1.807, 2.05) is 84.9 Å². The minimum Gasteiger partial charge on any atom is -0.394 e. The van der Waals surface area contributed by atoms with E-state index in [2.05, 4.69) is 73.1 Å². The van der Waals surface area contributed by atoms with Gasteiger partial charge in [0, 0.05) is 12.7 Å². The lowest BCUT2D eigenvalue weighted by Gasteiger charge is -2.41. The Bertz CT molecular complexity index is 1580. The largest absolute Gasteiger partial charge is 0.394 e. The molecule has 1 N–H and O–H groups in total. The monoisotopic (exact) mass is 601 g/mol. The molecule has 0 heterocycles. The summed E-state index contributed by atoms with van der Waals surface area (Å²) in [6, 6.07) is 44.9. The molecule has 0 aromatic heterocycles. The Labute approximate surface area is 267 Å². The normalized spacial score (nSPS) is 14.0. The predicted molar refractivity (Wildman–Crippen MR) is 183 cm³/mol. The van der Waals surface area contributed by atoms with Crippen LogP contribution in [0.2, 0.25) is 0 Å². The number of hydrogen-bond acceptors (Lipinski definition) is 5. The van der Waals surface area contributed by atoms with E-state index in [1.165, 1.54) is 5.39 Å². The summed E-state index contributed by atoms with van der Waals surface area (Å²) in [6.45, 7) is 4.97. The maximum absolute atomic E-state index is 10.8. The molecule has 0 amide bonds. The van der Waals surface area contributed by atoms with Crippen LogP contribution in [0, 0.1) is 0 Å². The van der Waals surface area contributed by atoms with Crippen LogP contribution < -0.4 is 4.90 Å². The summed E-state index contributed by atoms with van der Waals surface area (Å²) in [4.78, 5) is 2.24. The van der Waals surface area contributed by atoms with Crippen LogP contribution >= 0.6 is 0 Å². The molecular formula is C40H43NO4. The van der Waals surface area contributed by atoms with Crippen molar-refractivity contribution in [1.29, 1.82) is 0 Å². The zero-order valence-electron chi connectivity index (χ0n) is 26.0. The third kappa shape index (κ3) is 8.90. The molecule has 45 heavy (non-hydrogen) atoms. The summed E-state index contributed by atoms with van der Waals surface area (Å²) in [6.07, 6.45) is 0.817. The molecular weight excluding hydrogens is 558 g/mol. The maximum Gasteiger partial charge on any atom is 0.114 e. The fourth-order valence-corrected chi connectivity index (χ4v) is 5.67. The van der Waals surface area contributed by atoms with Crippen molar-refractivity contribution < 1.29 is 19.3 Å². The number of rotatable bonds is 17. The third-order valence-electron chi connectivity index (χ3n) is 8.17. The summed E-state index contributed by atoms with van der Waals surface area (Å²) in [5.41, 5.74) is 4.17. The molecule has 0 radical (unpaired) electrons. The highest BCUT2D eigenvalue weighted by Gasteiger charge is 2.39. The van der Waals surface area contributed by atoms with Crippen LogP contribution in [-0.2, 0) is 34.0 Å². The Balaban J connectivity index is 1.51. The Hall–Kier alpha value is -4.26. The first-order valence-electron chi connectivity index (χ1n) is 15.6. The van der Waals surface area contributed by atoms with Gasteiger partial charge in [0.25, 0.3) is 0 Å². The highest BCUT2D eigenvalue weighted by atomic mass is 16.6. The zero-order chi connectivity index (χ0) is 31.3. The van der Waals surface area contributed by atoms with Gasteiger partial charge in [-0.05, 0) is 46.0 Å². The number of anilines is 1. The zero-order valence-corrected chi connectivity index (χ0v) is 26.0. The van der Waals surface area contributed by atoms with E-state index in [-0.39, 0.29) is 12.6 Å². The van der Waals surface area contributed by atoms with Gasteiger partial charge in [0.15, 0.2) is 0 Å². The van der Waals surface area contributed by atoms with E-state index in [9.17, 15) is 5.11 Å². The summed E-state index contributed by atoms with van der Waals surface area (Å²) in [7, 11) is 2.09. The molecule has 0 fully saturated rings. The molecule has 5 nitrogen and oxygen atoms in total. The number of aliphatic hydroxyl groups excluding tert-OH is 1. The third-order valence-corrected chi connectivity index (χ3v) is 8.17. The second kappa shape index (κ2) is 16.7. The van der Waals surface area contributed by atoms with Crippen LogP contribution in [0.3, 0.4) is 0 Å². The highest BCUT2D eigenvalue weighted by molar-refractivity contribution is 5.85. The van der Waals surface area contributed by atoms with Crippen molar-refractivity contribution in [2.45, 2.75) is 50.6 Å². The van der Waals surface area contributed by atoms with Crippen LogP contribution in [0.4, 0.5) is 5.69 Å². The van der Waals surface area contributed by atoms with Gasteiger partial charge in [-0.25, -0.2) is 0 Å². The van der Waals surface area contributed by atoms with Gasteiger partial charge in [-0.2, -0.15) is 0 Å². The van der Waals surface area contributed by atoms with Crippen LogP contribution in [-0.4, -0.2) is 43.1 Å². The Morgan fingerprint density at radius 1 is 0.622 bits per heavy atom. The molecule has 4 atom stereocenters. The van der Waals surface area contributed by atoms with Gasteiger partial charge in [-0.1, -0.05) is 127 Å². The van der Waals surface area contributed by atoms with Crippen molar-refractivity contribution in [3.05, 3.63) is 163 Å². The quantitative estimate of drug-likeness (QED) is 0.110. The number of nitrogens with zero attached hydrogens (tertiary/aromatic N) is 1. The minimum atomic E-state index is -0.646. The number of hydrogen-bond donors (Lipinski definition) is 1. The van der Waals surface area contributed by atoms with Gasteiger partial charge in [0.2, 0.25) is 0 Å². The van der Waals surface area contributed by atoms with Crippen molar-refractivity contribution in [3.8, 4) is 0 Å². The second-order valence-corrected chi connectivity index (χ2v) is 11.3. The molecule has 5 heteroatoms. The SMILES string of the molecule is C=CCC([C@H](OCc1ccccc1)[C@@H](OCc1ccccc1)[C@@H](CO)OCc1ccccc1)N(C)c1ccc2ccccc2c1. The standard InChI is InChI=1S/C40H43NO4/c1-3-15-37(41(2)36-25-24-34-22-13-14-23-35(34)26-36)39(44-29-32-18-9-5-10-19-32)40(45-30-33-20-11-6-12-21-33)38(27-42)43-28-31-16-7-4-8-17-31/h3-14,16-26,37-40,42H,1,15,27-30H2,2H3/t37?,38-,39+,40+/m1/s1. The Kier molecular flexibility index (Phi) is 11.9. The number of fused-ring (bicyclic) bond motifs is 1. The number of aliphatic hydroxyl groups is 1. The van der Waals surface area contributed by atoms with Crippen LogP contribution in [0.25, 0.3) is 10.8 Å². The van der Waals surface area contributed by atoms with Gasteiger partial charge < -0.3 is 24.2 Å². The lowest BCUT2D eigenvalue weighted by molar-refractivity contribution is -0.166. The molecule has 5 rings (SSSR count). The summed E-state index contributed by atoms with van der Waals surface area (Å²) < 4.78 is 20.0. The average Bonchev–Trinajstić information content (AvgIpc) is 3.10. The van der Waals surface area contributed by atoms with Gasteiger partial charge in [-0.3, -0.25) is 0 Å². The predicted octanol–water partition coefficient (Wildman–Crippen LogP) is 7.97.